The van der Waals surface area contributed by atoms with Gasteiger partial charge in [0.05, 0.1) is 6.61 Å². The second kappa shape index (κ2) is 7.68. The Morgan fingerprint density at radius 3 is 2.71 bits per heavy atom. The van der Waals surface area contributed by atoms with Crippen molar-refractivity contribution in [3.8, 4) is 0 Å². The minimum absolute atomic E-state index is 0.134. The maximum Gasteiger partial charge on any atom is 0.328 e. The lowest BCUT2D eigenvalue weighted by molar-refractivity contribution is -0.144. The third-order valence-electron chi connectivity index (χ3n) is 2.31. The number of aliphatic hydroxyl groups is 1. The fourth-order valence-corrected chi connectivity index (χ4v) is 1.35. The van der Waals surface area contributed by atoms with Crippen molar-refractivity contribution >= 4 is 11.7 Å². The summed E-state index contributed by atoms with van der Waals surface area (Å²) in [4.78, 5) is 11.6. The molecule has 0 bridgehead atoms. The molecule has 94 valence electrons. The molecular formula is C13H19NO3. The number of nitrogens with one attached hydrogen (secondary N) is 1. The number of carbonyl (C=O) groups is 1. The molecule has 4 nitrogen and oxygen atoms in total. The number of ether oxygens (including phenoxy) is 1. The average Bonchev–Trinajstić information content (AvgIpc) is 2.35. The van der Waals surface area contributed by atoms with Gasteiger partial charge in [-0.2, -0.15) is 0 Å². The Balaban J connectivity index is 2.27. The number of benzene rings is 1. The number of hydrogen-bond donors (Lipinski definition) is 2. The Bertz CT molecular complexity index is 327. The molecule has 1 rings (SSSR count). The van der Waals surface area contributed by atoms with Gasteiger partial charge in [0.15, 0.2) is 0 Å². The van der Waals surface area contributed by atoms with E-state index in [-0.39, 0.29) is 18.6 Å². The van der Waals surface area contributed by atoms with E-state index < -0.39 is 0 Å². The van der Waals surface area contributed by atoms with Crippen molar-refractivity contribution in [3.05, 3.63) is 30.3 Å². The molecule has 4 heteroatoms. The molecule has 0 fully saturated rings. The number of esters is 1. The van der Waals surface area contributed by atoms with E-state index >= 15 is 0 Å². The van der Waals surface area contributed by atoms with Crippen molar-refractivity contribution in [2.45, 2.75) is 25.8 Å². The van der Waals surface area contributed by atoms with Crippen molar-refractivity contribution in [1.29, 1.82) is 0 Å². The molecule has 0 aromatic heterocycles. The van der Waals surface area contributed by atoms with Crippen molar-refractivity contribution < 1.29 is 14.6 Å². The first-order valence-electron chi connectivity index (χ1n) is 5.83. The van der Waals surface area contributed by atoms with Gasteiger partial charge in [0, 0.05) is 12.3 Å². The van der Waals surface area contributed by atoms with Crippen molar-refractivity contribution in [2.24, 2.45) is 0 Å². The van der Waals surface area contributed by atoms with E-state index in [0.29, 0.717) is 19.4 Å². The standard InChI is InChI=1S/C13H19NO3/c1-11(13(16)17-10-6-5-9-15)14-12-7-3-2-4-8-12/h2-4,7-8,11,14-15H,5-6,9-10H2,1H3/t11-/m0/s1. The van der Waals surface area contributed by atoms with Crippen LogP contribution in [0.25, 0.3) is 0 Å². The fourth-order valence-electron chi connectivity index (χ4n) is 1.35. The van der Waals surface area contributed by atoms with Crippen LogP contribution in [0.2, 0.25) is 0 Å². The molecule has 1 aromatic rings. The summed E-state index contributed by atoms with van der Waals surface area (Å²) in [5, 5.41) is 11.6. The summed E-state index contributed by atoms with van der Waals surface area (Å²) in [6, 6.07) is 9.16. The molecule has 0 aliphatic carbocycles. The monoisotopic (exact) mass is 237 g/mol. The molecular weight excluding hydrogens is 218 g/mol. The first-order chi connectivity index (χ1) is 8.24. The quantitative estimate of drug-likeness (QED) is 0.561. The number of aliphatic hydroxyl groups excluding tert-OH is 1. The number of hydrogen-bond acceptors (Lipinski definition) is 4. The first-order valence-corrected chi connectivity index (χ1v) is 5.83. The van der Waals surface area contributed by atoms with Gasteiger partial charge in [0.1, 0.15) is 6.04 Å². The lowest BCUT2D eigenvalue weighted by Gasteiger charge is -2.14. The Morgan fingerprint density at radius 2 is 2.06 bits per heavy atom. The van der Waals surface area contributed by atoms with Crippen LogP contribution in [-0.4, -0.2) is 30.3 Å². The van der Waals surface area contributed by atoms with Gasteiger partial charge < -0.3 is 15.2 Å². The lowest BCUT2D eigenvalue weighted by atomic mass is 10.2. The zero-order valence-corrected chi connectivity index (χ0v) is 10.1. The highest BCUT2D eigenvalue weighted by molar-refractivity contribution is 5.78. The normalized spacial score (nSPS) is 11.9. The number of rotatable bonds is 7. The van der Waals surface area contributed by atoms with Crippen LogP contribution in [0.15, 0.2) is 30.3 Å². The molecule has 0 radical (unpaired) electrons. The highest BCUT2D eigenvalue weighted by Gasteiger charge is 2.13. The third kappa shape index (κ3) is 5.36. The van der Waals surface area contributed by atoms with Crippen LogP contribution in [-0.2, 0) is 9.53 Å². The Labute approximate surface area is 102 Å². The van der Waals surface area contributed by atoms with Gasteiger partial charge in [-0.05, 0) is 31.9 Å². The average molecular weight is 237 g/mol. The molecule has 0 saturated heterocycles. The zero-order chi connectivity index (χ0) is 12.5. The molecule has 1 atom stereocenters. The second-order valence-electron chi connectivity index (χ2n) is 3.83. The van der Waals surface area contributed by atoms with Gasteiger partial charge in [0.2, 0.25) is 0 Å². The molecule has 0 saturated carbocycles. The van der Waals surface area contributed by atoms with Crippen LogP contribution in [0.3, 0.4) is 0 Å². The summed E-state index contributed by atoms with van der Waals surface area (Å²) in [7, 11) is 0. The summed E-state index contributed by atoms with van der Waals surface area (Å²) in [5.74, 6) is -0.271. The SMILES string of the molecule is C[C@H](Nc1ccccc1)C(=O)OCCCCO. The zero-order valence-electron chi connectivity index (χ0n) is 10.1. The Hall–Kier alpha value is -1.55. The highest BCUT2D eigenvalue weighted by Crippen LogP contribution is 2.07. The molecule has 17 heavy (non-hydrogen) atoms. The Morgan fingerprint density at radius 1 is 1.35 bits per heavy atom. The van der Waals surface area contributed by atoms with Crippen LogP contribution in [0, 0.1) is 0 Å². The van der Waals surface area contributed by atoms with E-state index in [2.05, 4.69) is 5.32 Å². The molecule has 0 aliphatic rings. The molecule has 0 spiro atoms. The summed E-state index contributed by atoms with van der Waals surface area (Å²) >= 11 is 0. The largest absolute Gasteiger partial charge is 0.464 e. The topological polar surface area (TPSA) is 58.6 Å². The third-order valence-corrected chi connectivity index (χ3v) is 2.31. The summed E-state index contributed by atoms with van der Waals surface area (Å²) in [6.07, 6.45) is 1.36. The van der Waals surface area contributed by atoms with Crippen molar-refractivity contribution in [1.82, 2.24) is 0 Å². The van der Waals surface area contributed by atoms with Crippen molar-refractivity contribution in [2.75, 3.05) is 18.5 Å². The molecule has 0 aliphatic heterocycles. The second-order valence-corrected chi connectivity index (χ2v) is 3.83. The van der Waals surface area contributed by atoms with Crippen LogP contribution >= 0.6 is 0 Å². The van der Waals surface area contributed by atoms with Crippen LogP contribution in [0.4, 0.5) is 5.69 Å². The molecule has 1 aromatic carbocycles. The van der Waals surface area contributed by atoms with Gasteiger partial charge in [-0.15, -0.1) is 0 Å². The lowest BCUT2D eigenvalue weighted by Crippen LogP contribution is -2.28. The maximum absolute atomic E-state index is 11.6. The van der Waals surface area contributed by atoms with Gasteiger partial charge >= 0.3 is 5.97 Å². The molecule has 2 N–H and O–H groups in total. The minimum Gasteiger partial charge on any atom is -0.464 e. The summed E-state index contributed by atoms with van der Waals surface area (Å²) in [5.41, 5.74) is 0.896. The Kier molecular flexibility index (Phi) is 6.10. The van der Waals surface area contributed by atoms with Gasteiger partial charge in [-0.3, -0.25) is 0 Å². The van der Waals surface area contributed by atoms with Crippen LogP contribution in [0.1, 0.15) is 19.8 Å². The molecule has 0 amide bonds. The predicted molar refractivity (Wildman–Crippen MR) is 66.8 cm³/mol. The summed E-state index contributed by atoms with van der Waals surface area (Å²) in [6.45, 7) is 2.26. The van der Waals surface area contributed by atoms with Crippen molar-refractivity contribution in [3.63, 3.8) is 0 Å². The van der Waals surface area contributed by atoms with E-state index in [4.69, 9.17) is 9.84 Å². The van der Waals surface area contributed by atoms with E-state index in [1.807, 2.05) is 30.3 Å². The van der Waals surface area contributed by atoms with E-state index in [1.165, 1.54) is 0 Å². The van der Waals surface area contributed by atoms with Crippen LogP contribution < -0.4 is 5.32 Å². The van der Waals surface area contributed by atoms with E-state index in [1.54, 1.807) is 6.92 Å². The van der Waals surface area contributed by atoms with Gasteiger partial charge in [-0.1, -0.05) is 18.2 Å². The predicted octanol–water partition coefficient (Wildman–Crippen LogP) is 1.80. The van der Waals surface area contributed by atoms with Crippen LogP contribution in [0.5, 0.6) is 0 Å². The van der Waals surface area contributed by atoms with Gasteiger partial charge in [-0.25, -0.2) is 4.79 Å². The molecule has 0 unspecified atom stereocenters. The summed E-state index contributed by atoms with van der Waals surface area (Å²) < 4.78 is 5.07. The molecule has 0 heterocycles. The minimum atomic E-state index is -0.369. The number of anilines is 1. The number of carbonyl (C=O) groups excluding carboxylic acids is 1. The van der Waals surface area contributed by atoms with E-state index in [0.717, 1.165) is 5.69 Å². The van der Waals surface area contributed by atoms with E-state index in [9.17, 15) is 4.79 Å². The number of para-hydroxylation sites is 1. The first kappa shape index (κ1) is 13.5. The highest BCUT2D eigenvalue weighted by atomic mass is 16.5. The fraction of sp³-hybridized carbons (Fsp3) is 0.462. The maximum atomic E-state index is 11.6. The smallest absolute Gasteiger partial charge is 0.328 e. The number of unbranched alkanes of at least 4 members (excludes halogenated alkanes) is 1. The van der Waals surface area contributed by atoms with Gasteiger partial charge in [0.25, 0.3) is 0 Å².